The normalized spacial score (nSPS) is 9.78. The lowest BCUT2D eigenvalue weighted by Gasteiger charge is -1.88. The Labute approximate surface area is 60.1 Å². The first-order valence-corrected chi connectivity index (χ1v) is 4.43. The van der Waals surface area contributed by atoms with Crippen LogP contribution in [0, 0.1) is 0 Å². The van der Waals surface area contributed by atoms with E-state index in [9.17, 15) is 4.79 Å². The topological polar surface area (TPSA) is 43.1 Å². The lowest BCUT2D eigenvalue weighted by atomic mass is 10.3. The highest BCUT2D eigenvalue weighted by Gasteiger charge is 2.02. The second kappa shape index (κ2) is 2.32. The zero-order valence-electron chi connectivity index (χ0n) is 5.05. The highest BCUT2D eigenvalue weighted by molar-refractivity contribution is 7.18. The summed E-state index contributed by atoms with van der Waals surface area (Å²) in [5.41, 5.74) is 5.75. The number of amides is 1. The van der Waals surface area contributed by atoms with Crippen molar-refractivity contribution < 1.29 is 4.79 Å². The minimum Gasteiger partial charge on any atom is -0.366 e. The Bertz CT molecular complexity index is 233. The smallest absolute Gasteiger partial charge is 0.249 e. The van der Waals surface area contributed by atoms with Crippen LogP contribution >= 0.6 is 11.3 Å². The Morgan fingerprint density at radius 3 is 2.67 bits per heavy atom. The van der Waals surface area contributed by atoms with Gasteiger partial charge in [-0.2, -0.15) is 11.3 Å². The third-order valence-electron chi connectivity index (χ3n) is 1.12. The number of hydrogen-bond acceptors (Lipinski definition) is 2. The van der Waals surface area contributed by atoms with Gasteiger partial charge >= 0.3 is 0 Å². The summed E-state index contributed by atoms with van der Waals surface area (Å²) in [7, 11) is 0.913. The molecule has 0 bridgehead atoms. The highest BCUT2D eigenvalue weighted by Crippen LogP contribution is 1.99. The van der Waals surface area contributed by atoms with E-state index in [1.807, 2.05) is 5.38 Å². The Hall–Kier alpha value is -0.613. The number of thiophene rings is 1. The second-order valence-electron chi connectivity index (χ2n) is 1.75. The first kappa shape index (κ1) is 6.51. The molecule has 0 unspecified atom stereocenters. The quantitative estimate of drug-likeness (QED) is 0.513. The Morgan fingerprint density at radius 1 is 1.78 bits per heavy atom. The van der Waals surface area contributed by atoms with Crippen LogP contribution in [0.2, 0.25) is 0 Å². The minimum atomic E-state index is -0.304. The molecule has 0 aliphatic rings. The second-order valence-corrected chi connectivity index (χ2v) is 4.60. The van der Waals surface area contributed by atoms with Crippen LogP contribution in [-0.2, 0) is 0 Å². The molecular formula is C5H7NOSSi. The van der Waals surface area contributed by atoms with Gasteiger partial charge in [0.05, 0.1) is 10.2 Å². The summed E-state index contributed by atoms with van der Waals surface area (Å²) in [6, 6.07) is 1.77. The Balaban J connectivity index is 3.08. The van der Waals surface area contributed by atoms with Crippen molar-refractivity contribution in [3.05, 3.63) is 17.0 Å². The van der Waals surface area contributed by atoms with Gasteiger partial charge in [0.15, 0.2) is 0 Å². The van der Waals surface area contributed by atoms with Crippen molar-refractivity contribution in [3.8, 4) is 0 Å². The van der Waals surface area contributed by atoms with E-state index in [1.165, 1.54) is 0 Å². The molecule has 9 heavy (non-hydrogen) atoms. The van der Waals surface area contributed by atoms with Gasteiger partial charge in [-0.25, -0.2) is 0 Å². The van der Waals surface area contributed by atoms with E-state index >= 15 is 0 Å². The van der Waals surface area contributed by atoms with Crippen molar-refractivity contribution in [3.63, 3.8) is 0 Å². The van der Waals surface area contributed by atoms with Crippen molar-refractivity contribution in [2.45, 2.75) is 0 Å². The van der Waals surface area contributed by atoms with Crippen LogP contribution in [0.5, 0.6) is 0 Å². The Morgan fingerprint density at radius 2 is 2.44 bits per heavy atom. The zero-order chi connectivity index (χ0) is 6.85. The lowest BCUT2D eigenvalue weighted by molar-refractivity contribution is 0.100. The number of nitrogens with two attached hydrogens (primary N) is 1. The van der Waals surface area contributed by atoms with Gasteiger partial charge in [0.1, 0.15) is 0 Å². The number of carbonyl (C=O) groups excluding carboxylic acids is 1. The molecule has 0 radical (unpaired) electrons. The van der Waals surface area contributed by atoms with Crippen LogP contribution in [0.15, 0.2) is 11.4 Å². The van der Waals surface area contributed by atoms with Gasteiger partial charge in [-0.3, -0.25) is 4.79 Å². The molecule has 48 valence electrons. The maximum absolute atomic E-state index is 10.5. The zero-order valence-corrected chi connectivity index (χ0v) is 7.87. The largest absolute Gasteiger partial charge is 0.366 e. The van der Waals surface area contributed by atoms with Gasteiger partial charge in [-0.05, 0) is 15.9 Å². The summed E-state index contributed by atoms with van der Waals surface area (Å²) in [5, 5.41) is 1.89. The van der Waals surface area contributed by atoms with Crippen molar-refractivity contribution in [1.29, 1.82) is 0 Å². The average Bonchev–Trinajstić information content (AvgIpc) is 2.13. The summed E-state index contributed by atoms with van der Waals surface area (Å²) in [4.78, 5) is 10.5. The van der Waals surface area contributed by atoms with E-state index in [0.717, 1.165) is 14.7 Å². The predicted molar refractivity (Wildman–Crippen MR) is 42.4 cm³/mol. The molecule has 0 aromatic carbocycles. The Kier molecular flexibility index (Phi) is 1.68. The van der Waals surface area contributed by atoms with Gasteiger partial charge in [0, 0.05) is 5.56 Å². The van der Waals surface area contributed by atoms with Crippen molar-refractivity contribution >= 4 is 32.0 Å². The molecular weight excluding hydrogens is 150 g/mol. The van der Waals surface area contributed by atoms with Crippen LogP contribution in [0.3, 0.4) is 0 Å². The summed E-state index contributed by atoms with van der Waals surface area (Å²) < 4.78 is 1.13. The van der Waals surface area contributed by atoms with Crippen LogP contribution < -0.4 is 10.2 Å². The van der Waals surface area contributed by atoms with Crippen LogP contribution in [0.25, 0.3) is 0 Å². The number of hydrogen-bond donors (Lipinski definition) is 1. The third-order valence-corrected chi connectivity index (χ3v) is 3.22. The first-order chi connectivity index (χ1) is 4.22. The lowest BCUT2D eigenvalue weighted by Crippen LogP contribution is -2.17. The summed E-state index contributed by atoms with van der Waals surface area (Å²) in [6.07, 6.45) is 0. The molecule has 1 aromatic heterocycles. The van der Waals surface area contributed by atoms with Gasteiger partial charge in [0.25, 0.3) is 0 Å². The van der Waals surface area contributed by atoms with E-state index in [0.29, 0.717) is 5.56 Å². The molecule has 1 aromatic rings. The van der Waals surface area contributed by atoms with E-state index < -0.39 is 0 Å². The molecule has 2 N–H and O–H groups in total. The summed E-state index contributed by atoms with van der Waals surface area (Å²) in [6.45, 7) is 0. The molecule has 0 atom stereocenters. The van der Waals surface area contributed by atoms with Gasteiger partial charge in [-0.1, -0.05) is 0 Å². The molecule has 1 heterocycles. The number of carbonyl (C=O) groups is 1. The molecule has 0 spiro atoms. The maximum atomic E-state index is 10.5. The van der Waals surface area contributed by atoms with Gasteiger partial charge in [0.2, 0.25) is 5.91 Å². The maximum Gasteiger partial charge on any atom is 0.249 e. The monoisotopic (exact) mass is 157 g/mol. The molecule has 0 aliphatic carbocycles. The number of primary amides is 1. The molecule has 2 nitrogen and oxygen atoms in total. The number of rotatable bonds is 1. The third kappa shape index (κ3) is 1.20. The van der Waals surface area contributed by atoms with Crippen molar-refractivity contribution in [2.24, 2.45) is 5.73 Å². The molecule has 0 saturated heterocycles. The van der Waals surface area contributed by atoms with Crippen molar-refractivity contribution in [2.75, 3.05) is 0 Å². The van der Waals surface area contributed by atoms with Crippen molar-refractivity contribution in [1.82, 2.24) is 0 Å². The predicted octanol–water partition coefficient (Wildman–Crippen LogP) is -1.16. The SMILES string of the molecule is NC(=O)c1ccsc1[SiH3]. The van der Waals surface area contributed by atoms with E-state index in [-0.39, 0.29) is 5.91 Å². The van der Waals surface area contributed by atoms with Crippen LogP contribution in [-0.4, -0.2) is 16.1 Å². The van der Waals surface area contributed by atoms with E-state index in [2.05, 4.69) is 0 Å². The van der Waals surface area contributed by atoms with Crippen LogP contribution in [0.1, 0.15) is 10.4 Å². The molecule has 1 rings (SSSR count). The van der Waals surface area contributed by atoms with Gasteiger partial charge < -0.3 is 5.73 Å². The fourth-order valence-electron chi connectivity index (χ4n) is 0.641. The summed E-state index contributed by atoms with van der Waals surface area (Å²) in [5.74, 6) is -0.304. The van der Waals surface area contributed by atoms with Gasteiger partial charge in [-0.15, -0.1) is 0 Å². The minimum absolute atomic E-state index is 0.304. The highest BCUT2D eigenvalue weighted by atomic mass is 32.1. The van der Waals surface area contributed by atoms with E-state index in [4.69, 9.17) is 5.73 Å². The average molecular weight is 157 g/mol. The first-order valence-electron chi connectivity index (χ1n) is 2.55. The molecule has 0 aliphatic heterocycles. The standard InChI is InChI=1S/C5H7NOSSi/c6-4(7)3-1-2-8-5(3)9/h1-2H,9H3,(H2,6,7). The fourth-order valence-corrected chi connectivity index (χ4v) is 2.17. The molecule has 0 fully saturated rings. The summed E-state index contributed by atoms with van der Waals surface area (Å²) >= 11 is 1.59. The molecule has 1 amide bonds. The van der Waals surface area contributed by atoms with E-state index in [1.54, 1.807) is 17.4 Å². The molecule has 0 saturated carbocycles. The fraction of sp³-hybridized carbons (Fsp3) is 0. The molecule has 4 heteroatoms. The van der Waals surface area contributed by atoms with Crippen LogP contribution in [0.4, 0.5) is 0 Å².